The van der Waals surface area contributed by atoms with Crippen LogP contribution >= 0.6 is 0 Å². The van der Waals surface area contributed by atoms with Gasteiger partial charge < -0.3 is 15.7 Å². The van der Waals surface area contributed by atoms with Crippen LogP contribution in [0.5, 0.6) is 0 Å². The van der Waals surface area contributed by atoms with Crippen molar-refractivity contribution in [2.75, 3.05) is 13.1 Å². The number of aromatic carboxylic acids is 1. The molecule has 18 heavy (non-hydrogen) atoms. The van der Waals surface area contributed by atoms with Crippen molar-refractivity contribution in [2.45, 2.75) is 6.92 Å². The molecular weight excluding hydrogens is 238 g/mol. The van der Waals surface area contributed by atoms with Gasteiger partial charge in [0, 0.05) is 18.3 Å². The average molecular weight is 251 g/mol. The Kier molecular flexibility index (Phi) is 4.36. The van der Waals surface area contributed by atoms with Crippen LogP contribution in [0.4, 0.5) is 0 Å². The summed E-state index contributed by atoms with van der Waals surface area (Å²) >= 11 is 0. The predicted molar refractivity (Wildman–Crippen MR) is 62.0 cm³/mol. The summed E-state index contributed by atoms with van der Waals surface area (Å²) in [5.41, 5.74) is 4.96. The van der Waals surface area contributed by atoms with E-state index in [1.54, 1.807) is 6.92 Å². The van der Waals surface area contributed by atoms with Crippen molar-refractivity contribution in [1.29, 1.82) is 0 Å². The first-order chi connectivity index (χ1) is 8.45. The number of likely N-dealkylation sites (N-methyl/N-ethyl adjacent to an activating group) is 1. The molecule has 0 fully saturated rings. The van der Waals surface area contributed by atoms with Gasteiger partial charge in [-0.15, -0.1) is 0 Å². The number of aromatic nitrogens is 1. The highest BCUT2D eigenvalue weighted by Crippen LogP contribution is 2.06. The Bertz CT molecular complexity index is 487. The van der Waals surface area contributed by atoms with Crippen molar-refractivity contribution in [3.05, 3.63) is 29.6 Å². The molecule has 7 heteroatoms. The molecule has 0 atom stereocenters. The summed E-state index contributed by atoms with van der Waals surface area (Å²) < 4.78 is 0. The SMILES string of the molecule is CCN(CC(N)=O)C(=O)c1ccnc(C(=O)O)c1. The second kappa shape index (κ2) is 5.76. The Morgan fingerprint density at radius 2 is 2.11 bits per heavy atom. The number of pyridine rings is 1. The lowest BCUT2D eigenvalue weighted by atomic mass is 10.2. The number of primary amides is 1. The van der Waals surface area contributed by atoms with E-state index in [9.17, 15) is 14.4 Å². The van der Waals surface area contributed by atoms with E-state index in [0.717, 1.165) is 6.07 Å². The largest absolute Gasteiger partial charge is 0.477 e. The van der Waals surface area contributed by atoms with E-state index in [-0.39, 0.29) is 17.8 Å². The van der Waals surface area contributed by atoms with Gasteiger partial charge in [-0.2, -0.15) is 0 Å². The summed E-state index contributed by atoms with van der Waals surface area (Å²) in [6, 6.07) is 2.55. The summed E-state index contributed by atoms with van der Waals surface area (Å²) in [6.07, 6.45) is 1.23. The molecule has 0 unspecified atom stereocenters. The zero-order valence-corrected chi connectivity index (χ0v) is 9.79. The van der Waals surface area contributed by atoms with Gasteiger partial charge in [0.05, 0.1) is 6.54 Å². The maximum absolute atomic E-state index is 12.0. The number of carbonyl (C=O) groups excluding carboxylic acids is 2. The van der Waals surface area contributed by atoms with Gasteiger partial charge in [-0.05, 0) is 19.1 Å². The Hall–Kier alpha value is -2.44. The van der Waals surface area contributed by atoms with Gasteiger partial charge in [-0.1, -0.05) is 0 Å². The topological polar surface area (TPSA) is 114 Å². The predicted octanol–water partition coefficient (Wildman–Crippen LogP) is -0.273. The summed E-state index contributed by atoms with van der Waals surface area (Å²) in [5, 5.41) is 8.77. The molecule has 1 heterocycles. The first kappa shape index (κ1) is 13.6. The van der Waals surface area contributed by atoms with Gasteiger partial charge in [0.25, 0.3) is 5.91 Å². The van der Waals surface area contributed by atoms with Crippen LogP contribution in [0.15, 0.2) is 18.3 Å². The van der Waals surface area contributed by atoms with Crippen molar-refractivity contribution in [3.63, 3.8) is 0 Å². The van der Waals surface area contributed by atoms with E-state index in [1.807, 2.05) is 0 Å². The smallest absolute Gasteiger partial charge is 0.354 e. The van der Waals surface area contributed by atoms with Crippen LogP contribution in [-0.2, 0) is 4.79 Å². The number of rotatable bonds is 5. The average Bonchev–Trinajstić information content (AvgIpc) is 2.35. The molecular formula is C11H13N3O4. The lowest BCUT2D eigenvalue weighted by Gasteiger charge is -2.18. The van der Waals surface area contributed by atoms with Gasteiger partial charge in [0.2, 0.25) is 5.91 Å². The molecule has 0 aromatic carbocycles. The van der Waals surface area contributed by atoms with Crippen LogP contribution in [0.25, 0.3) is 0 Å². The Labute approximate surface area is 103 Å². The molecule has 7 nitrogen and oxygen atoms in total. The summed E-state index contributed by atoms with van der Waals surface area (Å²) in [5.74, 6) is -2.30. The maximum atomic E-state index is 12.0. The number of nitrogens with two attached hydrogens (primary N) is 1. The van der Waals surface area contributed by atoms with Crippen LogP contribution in [0.2, 0.25) is 0 Å². The number of hydrogen-bond donors (Lipinski definition) is 2. The molecule has 0 aliphatic heterocycles. The number of nitrogens with zero attached hydrogens (tertiary/aromatic N) is 2. The number of amides is 2. The maximum Gasteiger partial charge on any atom is 0.354 e. The fraction of sp³-hybridized carbons (Fsp3) is 0.273. The van der Waals surface area contributed by atoms with E-state index in [0.29, 0.717) is 6.54 Å². The normalized spacial score (nSPS) is 9.83. The monoisotopic (exact) mass is 251 g/mol. The van der Waals surface area contributed by atoms with Crippen molar-refractivity contribution in [2.24, 2.45) is 5.73 Å². The zero-order valence-electron chi connectivity index (χ0n) is 9.79. The highest BCUT2D eigenvalue weighted by Gasteiger charge is 2.17. The van der Waals surface area contributed by atoms with Gasteiger partial charge in [0.1, 0.15) is 5.69 Å². The highest BCUT2D eigenvalue weighted by molar-refractivity contribution is 5.98. The molecule has 96 valence electrons. The van der Waals surface area contributed by atoms with Crippen molar-refractivity contribution < 1.29 is 19.5 Å². The summed E-state index contributed by atoms with van der Waals surface area (Å²) in [6.45, 7) is 1.78. The van der Waals surface area contributed by atoms with Crippen LogP contribution in [0.1, 0.15) is 27.8 Å². The quantitative estimate of drug-likeness (QED) is 0.747. The third-order valence-corrected chi connectivity index (χ3v) is 2.24. The minimum atomic E-state index is -1.22. The molecule has 0 saturated heterocycles. The summed E-state index contributed by atoms with van der Waals surface area (Å²) in [7, 11) is 0. The van der Waals surface area contributed by atoms with Crippen LogP contribution in [0, 0.1) is 0 Å². The van der Waals surface area contributed by atoms with Crippen molar-refractivity contribution >= 4 is 17.8 Å². The minimum absolute atomic E-state index is 0.158. The third-order valence-electron chi connectivity index (χ3n) is 2.24. The van der Waals surface area contributed by atoms with E-state index >= 15 is 0 Å². The molecule has 1 aromatic rings. The molecule has 0 spiro atoms. The van der Waals surface area contributed by atoms with Gasteiger partial charge >= 0.3 is 5.97 Å². The molecule has 2 amide bonds. The second-order valence-corrected chi connectivity index (χ2v) is 3.52. The van der Waals surface area contributed by atoms with Gasteiger partial charge in [-0.25, -0.2) is 9.78 Å². The Morgan fingerprint density at radius 3 is 2.61 bits per heavy atom. The van der Waals surface area contributed by atoms with E-state index < -0.39 is 17.8 Å². The van der Waals surface area contributed by atoms with Crippen LogP contribution < -0.4 is 5.73 Å². The highest BCUT2D eigenvalue weighted by atomic mass is 16.4. The lowest BCUT2D eigenvalue weighted by molar-refractivity contribution is -0.118. The number of hydrogen-bond acceptors (Lipinski definition) is 4. The molecule has 1 rings (SSSR count). The standard InChI is InChI=1S/C11H13N3O4/c1-2-14(6-9(12)15)10(16)7-3-4-13-8(5-7)11(17)18/h3-5H,2,6H2,1H3,(H2,12,15)(H,17,18). The zero-order chi connectivity index (χ0) is 13.7. The van der Waals surface area contributed by atoms with Crippen LogP contribution in [-0.4, -0.2) is 45.9 Å². The molecule has 3 N–H and O–H groups in total. The second-order valence-electron chi connectivity index (χ2n) is 3.52. The van der Waals surface area contributed by atoms with Crippen molar-refractivity contribution in [3.8, 4) is 0 Å². The molecule has 0 radical (unpaired) electrons. The Balaban J connectivity index is 2.98. The van der Waals surface area contributed by atoms with Crippen molar-refractivity contribution in [1.82, 2.24) is 9.88 Å². The molecule has 0 aliphatic carbocycles. The molecule has 0 aliphatic rings. The number of carbonyl (C=O) groups is 3. The van der Waals surface area contributed by atoms with E-state index in [1.165, 1.54) is 17.2 Å². The Morgan fingerprint density at radius 1 is 1.44 bits per heavy atom. The van der Waals surface area contributed by atoms with E-state index in [4.69, 9.17) is 10.8 Å². The first-order valence-corrected chi connectivity index (χ1v) is 5.22. The minimum Gasteiger partial charge on any atom is -0.477 e. The van der Waals surface area contributed by atoms with Crippen LogP contribution in [0.3, 0.4) is 0 Å². The molecule has 0 bridgehead atoms. The molecule has 0 saturated carbocycles. The summed E-state index contributed by atoms with van der Waals surface area (Å²) in [4.78, 5) is 38.3. The molecule has 1 aromatic heterocycles. The first-order valence-electron chi connectivity index (χ1n) is 5.22. The third kappa shape index (κ3) is 3.27. The van der Waals surface area contributed by atoms with Gasteiger partial charge in [0.15, 0.2) is 0 Å². The van der Waals surface area contributed by atoms with E-state index in [2.05, 4.69) is 4.98 Å². The lowest BCUT2D eigenvalue weighted by Crippen LogP contribution is -2.38. The van der Waals surface area contributed by atoms with Gasteiger partial charge in [-0.3, -0.25) is 9.59 Å². The number of carboxylic acid groups (broad SMARTS) is 1. The number of carboxylic acids is 1. The fourth-order valence-corrected chi connectivity index (χ4v) is 1.38. The fourth-order valence-electron chi connectivity index (χ4n) is 1.38.